The summed E-state index contributed by atoms with van der Waals surface area (Å²) >= 11 is 0. The van der Waals surface area contributed by atoms with E-state index in [4.69, 9.17) is 15.2 Å². The molecule has 1 aromatic heterocycles. The van der Waals surface area contributed by atoms with Crippen molar-refractivity contribution in [3.8, 4) is 22.6 Å². The van der Waals surface area contributed by atoms with Gasteiger partial charge in [-0.15, -0.1) is 0 Å². The van der Waals surface area contributed by atoms with Crippen LogP contribution in [0.3, 0.4) is 0 Å². The average molecular weight is 424 g/mol. The normalized spacial score (nSPS) is 10.4. The molecule has 0 saturated heterocycles. The number of nitrogen functional groups attached to an aromatic ring is 1. The van der Waals surface area contributed by atoms with Crippen LogP contribution in [0.5, 0.6) is 11.5 Å². The number of methoxy groups -OCH3 is 1. The summed E-state index contributed by atoms with van der Waals surface area (Å²) in [5.41, 5.74) is 3.02. The van der Waals surface area contributed by atoms with Crippen LogP contribution < -0.4 is 20.8 Å². The lowest BCUT2D eigenvalue weighted by Crippen LogP contribution is -2.24. The highest BCUT2D eigenvalue weighted by Gasteiger charge is 2.26. The first kappa shape index (κ1) is 21.1. The molecule has 0 fully saturated rings. The molecule has 31 heavy (non-hydrogen) atoms. The van der Waals surface area contributed by atoms with E-state index in [1.54, 1.807) is 12.1 Å². The van der Waals surface area contributed by atoms with Crippen LogP contribution in [0.15, 0.2) is 53.3 Å². The molecule has 3 rings (SSSR count). The third kappa shape index (κ3) is 4.22. The topological polar surface area (TPSA) is 169 Å². The Labute approximate surface area is 174 Å². The Kier molecular flexibility index (Phi) is 5.73. The van der Waals surface area contributed by atoms with Crippen molar-refractivity contribution >= 4 is 23.7 Å². The zero-order chi connectivity index (χ0) is 22.7. The molecule has 0 saturated carbocycles. The van der Waals surface area contributed by atoms with Crippen LogP contribution in [0.2, 0.25) is 0 Å². The Morgan fingerprint density at radius 3 is 2.16 bits per heavy atom. The van der Waals surface area contributed by atoms with Crippen LogP contribution in [0.1, 0.15) is 31.1 Å². The molecule has 0 radical (unpaired) electrons. The Morgan fingerprint density at radius 1 is 0.935 bits per heavy atom. The maximum absolute atomic E-state index is 12.4. The highest BCUT2D eigenvalue weighted by molar-refractivity contribution is 6.07. The van der Waals surface area contributed by atoms with Crippen molar-refractivity contribution in [2.45, 2.75) is 0 Å². The summed E-state index contributed by atoms with van der Waals surface area (Å²) in [6, 6.07) is 11.6. The molecule has 0 unspecified atom stereocenters. The number of aromatic amines is 1. The van der Waals surface area contributed by atoms with E-state index in [1.165, 1.54) is 43.5 Å². The standard InChI is InChI=1S/C21H16N2O8/c1-30-12-7-5-10(6-8-12)21(29)31-13-4-2-3-11(9-13)14-15(19(25)26)17(22)23-18(24)16(14)20(27)28/h2-9H,1H3,(H,25,26)(H,27,28)(H3,22,23,24). The van der Waals surface area contributed by atoms with Gasteiger partial charge in [0.1, 0.15) is 28.4 Å². The number of nitrogens with two attached hydrogens (primary N) is 1. The number of esters is 1. The van der Waals surface area contributed by atoms with Crippen molar-refractivity contribution in [3.05, 3.63) is 75.6 Å². The number of hydrogen-bond donors (Lipinski definition) is 4. The van der Waals surface area contributed by atoms with Gasteiger partial charge in [0.15, 0.2) is 0 Å². The van der Waals surface area contributed by atoms with E-state index >= 15 is 0 Å². The van der Waals surface area contributed by atoms with Gasteiger partial charge in [0.2, 0.25) is 0 Å². The number of carboxylic acid groups (broad SMARTS) is 2. The van der Waals surface area contributed by atoms with Crippen LogP contribution in [-0.4, -0.2) is 40.2 Å². The molecular weight excluding hydrogens is 408 g/mol. The fourth-order valence-electron chi connectivity index (χ4n) is 2.94. The van der Waals surface area contributed by atoms with Crippen molar-refractivity contribution in [2.75, 3.05) is 12.8 Å². The second-order valence-corrected chi connectivity index (χ2v) is 6.25. The maximum Gasteiger partial charge on any atom is 0.343 e. The van der Waals surface area contributed by atoms with E-state index in [9.17, 15) is 29.4 Å². The van der Waals surface area contributed by atoms with E-state index in [-0.39, 0.29) is 16.9 Å². The lowest BCUT2D eigenvalue weighted by atomic mass is 9.95. The van der Waals surface area contributed by atoms with Gasteiger partial charge < -0.3 is 30.4 Å². The number of pyridine rings is 1. The van der Waals surface area contributed by atoms with Gasteiger partial charge in [-0.05, 0) is 42.0 Å². The zero-order valence-corrected chi connectivity index (χ0v) is 16.0. The van der Waals surface area contributed by atoms with Gasteiger partial charge >= 0.3 is 17.9 Å². The van der Waals surface area contributed by atoms with Crippen molar-refractivity contribution in [2.24, 2.45) is 0 Å². The van der Waals surface area contributed by atoms with Crippen LogP contribution in [0.25, 0.3) is 11.1 Å². The predicted octanol–water partition coefficient (Wildman–Crippen LogP) is 2.25. The van der Waals surface area contributed by atoms with Gasteiger partial charge in [-0.3, -0.25) is 4.79 Å². The van der Waals surface area contributed by atoms with Crippen LogP contribution in [-0.2, 0) is 0 Å². The summed E-state index contributed by atoms with van der Waals surface area (Å²) in [5.74, 6) is -3.83. The second-order valence-electron chi connectivity index (χ2n) is 6.25. The zero-order valence-electron chi connectivity index (χ0n) is 16.0. The maximum atomic E-state index is 12.4. The number of anilines is 1. The molecule has 0 aliphatic heterocycles. The molecule has 2 aromatic carbocycles. The molecule has 0 spiro atoms. The Balaban J connectivity index is 2.07. The first-order chi connectivity index (χ1) is 14.7. The first-order valence-corrected chi connectivity index (χ1v) is 8.72. The molecule has 0 amide bonds. The number of carbonyl (C=O) groups is 3. The van der Waals surface area contributed by atoms with Gasteiger partial charge in [0.05, 0.1) is 12.7 Å². The Morgan fingerprint density at radius 2 is 1.58 bits per heavy atom. The summed E-state index contributed by atoms with van der Waals surface area (Å²) < 4.78 is 10.3. The number of aromatic carboxylic acids is 2. The largest absolute Gasteiger partial charge is 0.497 e. The molecule has 158 valence electrons. The van der Waals surface area contributed by atoms with Crippen LogP contribution in [0, 0.1) is 0 Å². The highest BCUT2D eigenvalue weighted by Crippen LogP contribution is 2.31. The average Bonchev–Trinajstić information content (AvgIpc) is 2.72. The molecule has 5 N–H and O–H groups in total. The SMILES string of the molecule is COc1ccc(C(=O)Oc2cccc(-c3c(C(=O)O)c(N)[nH]c(=O)c3C(=O)O)c2)cc1. The number of hydrogen-bond acceptors (Lipinski definition) is 7. The number of nitrogens with one attached hydrogen (secondary N) is 1. The lowest BCUT2D eigenvalue weighted by Gasteiger charge is -2.13. The number of rotatable bonds is 6. The molecular formula is C21H16N2O8. The summed E-state index contributed by atoms with van der Waals surface area (Å²) in [5, 5.41) is 19.0. The predicted molar refractivity (Wildman–Crippen MR) is 109 cm³/mol. The molecule has 10 nitrogen and oxygen atoms in total. The second kappa shape index (κ2) is 8.41. The molecule has 1 heterocycles. The third-order valence-corrected chi connectivity index (χ3v) is 4.33. The number of ether oxygens (including phenoxy) is 2. The highest BCUT2D eigenvalue weighted by atomic mass is 16.5. The number of aromatic nitrogens is 1. The minimum atomic E-state index is -1.64. The van der Waals surface area contributed by atoms with Crippen molar-refractivity contribution < 1.29 is 34.1 Å². The molecule has 0 bridgehead atoms. The van der Waals surface area contributed by atoms with Gasteiger partial charge in [-0.25, -0.2) is 14.4 Å². The summed E-state index contributed by atoms with van der Waals surface area (Å²) in [7, 11) is 1.48. The van der Waals surface area contributed by atoms with Gasteiger partial charge in [-0.1, -0.05) is 12.1 Å². The van der Waals surface area contributed by atoms with Crippen molar-refractivity contribution in [1.82, 2.24) is 4.98 Å². The van der Waals surface area contributed by atoms with E-state index in [0.717, 1.165) is 0 Å². The number of benzene rings is 2. The van der Waals surface area contributed by atoms with Crippen molar-refractivity contribution in [3.63, 3.8) is 0 Å². The molecule has 0 aliphatic rings. The summed E-state index contributed by atoms with van der Waals surface area (Å²) in [4.78, 5) is 49.9. The summed E-state index contributed by atoms with van der Waals surface area (Å²) in [6.45, 7) is 0. The van der Waals surface area contributed by atoms with E-state index in [1.807, 2.05) is 4.98 Å². The molecule has 3 aromatic rings. The quantitative estimate of drug-likeness (QED) is 0.342. The van der Waals surface area contributed by atoms with Gasteiger partial charge in [0.25, 0.3) is 5.56 Å². The lowest BCUT2D eigenvalue weighted by molar-refractivity contribution is 0.0692. The minimum absolute atomic E-state index is 0.00449. The van der Waals surface area contributed by atoms with E-state index in [2.05, 4.69) is 0 Å². The smallest absolute Gasteiger partial charge is 0.343 e. The number of H-pyrrole nitrogens is 1. The van der Waals surface area contributed by atoms with E-state index in [0.29, 0.717) is 5.75 Å². The molecule has 0 atom stereocenters. The fraction of sp³-hybridized carbons (Fsp3) is 0.0476. The Hall–Kier alpha value is -4.60. The van der Waals surface area contributed by atoms with Crippen molar-refractivity contribution in [1.29, 1.82) is 0 Å². The minimum Gasteiger partial charge on any atom is -0.497 e. The van der Waals surface area contributed by atoms with E-state index < -0.39 is 46.0 Å². The number of carboxylic acids is 2. The van der Waals surface area contributed by atoms with Gasteiger partial charge in [-0.2, -0.15) is 0 Å². The van der Waals surface area contributed by atoms with Gasteiger partial charge in [0, 0.05) is 5.56 Å². The van der Waals surface area contributed by atoms with Crippen LogP contribution in [0.4, 0.5) is 5.82 Å². The Bertz CT molecular complexity index is 1250. The van der Waals surface area contributed by atoms with Crippen LogP contribution >= 0.6 is 0 Å². The fourth-order valence-corrected chi connectivity index (χ4v) is 2.94. The first-order valence-electron chi connectivity index (χ1n) is 8.72. The molecule has 10 heteroatoms. The molecule has 0 aliphatic carbocycles. The summed E-state index contributed by atoms with van der Waals surface area (Å²) in [6.07, 6.45) is 0. The monoisotopic (exact) mass is 424 g/mol. The number of carbonyl (C=O) groups excluding carboxylic acids is 1. The third-order valence-electron chi connectivity index (χ3n) is 4.33.